The van der Waals surface area contributed by atoms with Gasteiger partial charge >= 0.3 is 0 Å². The summed E-state index contributed by atoms with van der Waals surface area (Å²) in [6.45, 7) is 0. The van der Waals surface area contributed by atoms with Gasteiger partial charge in [-0.3, -0.25) is 4.98 Å². The molecule has 0 spiro atoms. The van der Waals surface area contributed by atoms with Gasteiger partial charge in [0.05, 0.1) is 6.10 Å². The van der Waals surface area contributed by atoms with Crippen molar-refractivity contribution >= 4 is 15.9 Å². The number of nitrogens with zero attached hydrogens (tertiary/aromatic N) is 1. The Balaban J connectivity index is 1.68. The fraction of sp³-hybridized carbons (Fsp3) is 0.353. The zero-order chi connectivity index (χ0) is 13.9. The van der Waals surface area contributed by atoms with E-state index < -0.39 is 0 Å². The lowest BCUT2D eigenvalue weighted by molar-refractivity contribution is 0.0992. The first-order chi connectivity index (χ1) is 9.72. The minimum absolute atomic E-state index is 0.292. The average Bonchev–Trinajstić information content (AvgIpc) is 2.47. The summed E-state index contributed by atoms with van der Waals surface area (Å²) in [5.74, 6) is 0.351. The van der Waals surface area contributed by atoms with Crippen LogP contribution in [0.3, 0.4) is 0 Å². The Hall–Kier alpha value is -1.19. The molecule has 0 saturated heterocycles. The molecule has 2 atom stereocenters. The van der Waals surface area contributed by atoms with Crippen LogP contribution in [0.1, 0.15) is 23.1 Å². The van der Waals surface area contributed by atoms with E-state index in [-0.39, 0.29) is 6.10 Å². The van der Waals surface area contributed by atoms with Crippen LogP contribution < -0.4 is 0 Å². The van der Waals surface area contributed by atoms with E-state index in [1.807, 2.05) is 12.3 Å². The molecule has 1 heterocycles. The van der Waals surface area contributed by atoms with Crippen molar-refractivity contribution in [1.82, 2.24) is 4.98 Å². The SMILES string of the molecule is OC(Cc1cncc(Br)c1)C1CCc2ccccc2C1. The highest BCUT2D eigenvalue weighted by atomic mass is 79.9. The van der Waals surface area contributed by atoms with E-state index in [0.717, 1.165) is 29.3 Å². The van der Waals surface area contributed by atoms with Gasteiger partial charge in [0.2, 0.25) is 0 Å². The molecule has 3 heteroatoms. The summed E-state index contributed by atoms with van der Waals surface area (Å²) in [5, 5.41) is 10.5. The molecule has 1 N–H and O–H groups in total. The lowest BCUT2D eigenvalue weighted by Gasteiger charge is -2.28. The van der Waals surface area contributed by atoms with Gasteiger partial charge < -0.3 is 5.11 Å². The minimum Gasteiger partial charge on any atom is -0.392 e. The smallest absolute Gasteiger partial charge is 0.0612 e. The molecule has 1 aromatic carbocycles. The highest BCUT2D eigenvalue weighted by Gasteiger charge is 2.24. The lowest BCUT2D eigenvalue weighted by Crippen LogP contribution is -2.28. The van der Waals surface area contributed by atoms with E-state index in [4.69, 9.17) is 0 Å². The van der Waals surface area contributed by atoms with Crippen LogP contribution in [0.15, 0.2) is 47.2 Å². The van der Waals surface area contributed by atoms with Crippen LogP contribution in [0.5, 0.6) is 0 Å². The highest BCUT2D eigenvalue weighted by molar-refractivity contribution is 9.10. The molecule has 0 aliphatic heterocycles. The summed E-state index contributed by atoms with van der Waals surface area (Å²) >= 11 is 3.43. The van der Waals surface area contributed by atoms with Crippen molar-refractivity contribution in [2.75, 3.05) is 0 Å². The number of fused-ring (bicyclic) bond motifs is 1. The number of aliphatic hydroxyl groups is 1. The number of rotatable bonds is 3. The maximum Gasteiger partial charge on any atom is 0.0612 e. The molecule has 1 aromatic heterocycles. The lowest BCUT2D eigenvalue weighted by atomic mass is 9.80. The van der Waals surface area contributed by atoms with E-state index in [2.05, 4.69) is 45.2 Å². The molecule has 3 rings (SSSR count). The molecule has 0 radical (unpaired) electrons. The van der Waals surface area contributed by atoms with Crippen molar-refractivity contribution in [1.29, 1.82) is 0 Å². The van der Waals surface area contributed by atoms with Crippen molar-refractivity contribution in [2.45, 2.75) is 31.8 Å². The number of aromatic nitrogens is 1. The number of aryl methyl sites for hydroxylation is 1. The van der Waals surface area contributed by atoms with Gasteiger partial charge in [0, 0.05) is 23.3 Å². The quantitative estimate of drug-likeness (QED) is 0.932. The number of pyridine rings is 1. The Labute approximate surface area is 128 Å². The summed E-state index contributed by atoms with van der Waals surface area (Å²) < 4.78 is 0.969. The summed E-state index contributed by atoms with van der Waals surface area (Å²) in [6.07, 6.45) is 7.13. The Morgan fingerprint density at radius 1 is 1.25 bits per heavy atom. The Morgan fingerprint density at radius 3 is 2.85 bits per heavy atom. The van der Waals surface area contributed by atoms with Gasteiger partial charge in [-0.1, -0.05) is 24.3 Å². The third-order valence-electron chi connectivity index (χ3n) is 4.14. The Morgan fingerprint density at radius 2 is 2.05 bits per heavy atom. The number of hydrogen-bond acceptors (Lipinski definition) is 2. The van der Waals surface area contributed by atoms with Crippen LogP contribution in [-0.4, -0.2) is 16.2 Å². The number of benzene rings is 1. The molecular weight excluding hydrogens is 314 g/mol. The Kier molecular flexibility index (Phi) is 4.18. The minimum atomic E-state index is -0.292. The first-order valence-corrected chi connectivity index (χ1v) is 7.86. The van der Waals surface area contributed by atoms with Crippen LogP contribution in [0.2, 0.25) is 0 Å². The topological polar surface area (TPSA) is 33.1 Å². The van der Waals surface area contributed by atoms with E-state index >= 15 is 0 Å². The van der Waals surface area contributed by atoms with E-state index in [9.17, 15) is 5.11 Å². The van der Waals surface area contributed by atoms with E-state index in [1.54, 1.807) is 6.20 Å². The number of hydrogen-bond donors (Lipinski definition) is 1. The molecule has 2 aromatic rings. The van der Waals surface area contributed by atoms with Crippen LogP contribution in [0, 0.1) is 5.92 Å². The Bertz CT molecular complexity index is 599. The zero-order valence-corrected chi connectivity index (χ0v) is 12.9. The summed E-state index contributed by atoms with van der Waals surface area (Å²) in [5.41, 5.74) is 3.93. The molecule has 2 nitrogen and oxygen atoms in total. The molecule has 0 fully saturated rings. The van der Waals surface area contributed by atoms with Gasteiger partial charge in [-0.05, 0) is 63.9 Å². The van der Waals surface area contributed by atoms with Gasteiger partial charge in [-0.25, -0.2) is 0 Å². The van der Waals surface area contributed by atoms with E-state index in [1.165, 1.54) is 11.1 Å². The molecule has 20 heavy (non-hydrogen) atoms. The van der Waals surface area contributed by atoms with Gasteiger partial charge in [0.25, 0.3) is 0 Å². The molecule has 0 saturated carbocycles. The third kappa shape index (κ3) is 3.10. The van der Waals surface area contributed by atoms with Gasteiger partial charge in [0.1, 0.15) is 0 Å². The van der Waals surface area contributed by atoms with E-state index in [0.29, 0.717) is 12.3 Å². The molecule has 1 aliphatic carbocycles. The first-order valence-electron chi connectivity index (χ1n) is 7.06. The summed E-state index contributed by atoms with van der Waals surface area (Å²) in [7, 11) is 0. The van der Waals surface area contributed by atoms with Crippen LogP contribution in [0.25, 0.3) is 0 Å². The molecule has 0 amide bonds. The van der Waals surface area contributed by atoms with Crippen molar-refractivity contribution in [3.63, 3.8) is 0 Å². The molecule has 2 unspecified atom stereocenters. The summed E-state index contributed by atoms with van der Waals surface area (Å²) in [4.78, 5) is 4.16. The fourth-order valence-electron chi connectivity index (χ4n) is 3.03. The molecule has 1 aliphatic rings. The monoisotopic (exact) mass is 331 g/mol. The standard InChI is InChI=1S/C17H18BrNO/c18-16-7-12(10-19-11-16)8-17(20)15-6-5-13-3-1-2-4-14(13)9-15/h1-4,7,10-11,15,17,20H,5-6,8-9H2. The first kappa shape index (κ1) is 13.8. The zero-order valence-electron chi connectivity index (χ0n) is 11.3. The second-order valence-corrected chi connectivity index (χ2v) is 6.47. The normalized spacial score (nSPS) is 19.4. The maximum atomic E-state index is 10.5. The van der Waals surface area contributed by atoms with Gasteiger partial charge in [-0.15, -0.1) is 0 Å². The highest BCUT2D eigenvalue weighted by Crippen LogP contribution is 2.28. The summed E-state index contributed by atoms with van der Waals surface area (Å²) in [6, 6.07) is 10.6. The van der Waals surface area contributed by atoms with Crippen molar-refractivity contribution < 1.29 is 5.11 Å². The molecular formula is C17H18BrNO. The van der Waals surface area contributed by atoms with Gasteiger partial charge in [-0.2, -0.15) is 0 Å². The predicted octanol–water partition coefficient (Wildman–Crippen LogP) is 3.55. The van der Waals surface area contributed by atoms with Gasteiger partial charge in [0.15, 0.2) is 0 Å². The molecule has 0 bridgehead atoms. The largest absolute Gasteiger partial charge is 0.392 e. The third-order valence-corrected chi connectivity index (χ3v) is 4.57. The predicted molar refractivity (Wildman–Crippen MR) is 83.6 cm³/mol. The van der Waals surface area contributed by atoms with Crippen LogP contribution in [-0.2, 0) is 19.3 Å². The average molecular weight is 332 g/mol. The second-order valence-electron chi connectivity index (χ2n) is 5.55. The fourth-order valence-corrected chi connectivity index (χ4v) is 3.44. The van der Waals surface area contributed by atoms with Crippen LogP contribution in [0.4, 0.5) is 0 Å². The van der Waals surface area contributed by atoms with Crippen molar-refractivity contribution in [3.05, 3.63) is 63.9 Å². The number of halogens is 1. The van der Waals surface area contributed by atoms with Crippen molar-refractivity contribution in [3.8, 4) is 0 Å². The number of aliphatic hydroxyl groups excluding tert-OH is 1. The molecule has 104 valence electrons. The maximum absolute atomic E-state index is 10.5. The second kappa shape index (κ2) is 6.06. The van der Waals surface area contributed by atoms with Crippen molar-refractivity contribution in [2.24, 2.45) is 5.92 Å². The van der Waals surface area contributed by atoms with Crippen LogP contribution >= 0.6 is 15.9 Å².